The van der Waals surface area contributed by atoms with Gasteiger partial charge in [-0.05, 0) is 37.5 Å². The maximum atomic E-state index is 10.4. The normalized spacial score (nSPS) is 10.7. The Morgan fingerprint density at radius 1 is 0.909 bits per heavy atom. The molecule has 22 heavy (non-hydrogen) atoms. The van der Waals surface area contributed by atoms with E-state index in [0.717, 1.165) is 27.8 Å². The Morgan fingerprint density at radius 3 is 1.64 bits per heavy atom. The summed E-state index contributed by atoms with van der Waals surface area (Å²) in [5.41, 5.74) is 7.05. The zero-order valence-corrected chi connectivity index (χ0v) is 13.4. The van der Waals surface area contributed by atoms with Crippen LogP contribution < -0.4 is 0 Å². The first-order valence-electron chi connectivity index (χ1n) is 7.40. The lowest BCUT2D eigenvalue weighted by Crippen LogP contribution is -2.22. The van der Waals surface area contributed by atoms with Gasteiger partial charge in [-0.3, -0.25) is 0 Å². The van der Waals surface area contributed by atoms with Crippen LogP contribution in [0.2, 0.25) is 0 Å². The Morgan fingerprint density at radius 2 is 1.32 bits per heavy atom. The van der Waals surface area contributed by atoms with Gasteiger partial charge in [0.05, 0.1) is 5.60 Å². The van der Waals surface area contributed by atoms with Gasteiger partial charge in [0.2, 0.25) is 0 Å². The van der Waals surface area contributed by atoms with Gasteiger partial charge < -0.3 is 5.11 Å². The van der Waals surface area contributed by atoms with Gasteiger partial charge in [-0.25, -0.2) is 0 Å². The van der Waals surface area contributed by atoms with Crippen LogP contribution in [0.15, 0.2) is 84.1 Å². The molecule has 0 radical (unpaired) electrons. The third kappa shape index (κ3) is 3.85. The van der Waals surface area contributed by atoms with Crippen molar-refractivity contribution in [3.05, 3.63) is 95.2 Å². The van der Waals surface area contributed by atoms with E-state index in [9.17, 15) is 5.11 Å². The Kier molecular flexibility index (Phi) is 4.82. The van der Waals surface area contributed by atoms with Gasteiger partial charge in [0, 0.05) is 11.1 Å². The van der Waals surface area contributed by atoms with Crippen molar-refractivity contribution < 1.29 is 5.11 Å². The van der Waals surface area contributed by atoms with E-state index in [-0.39, 0.29) is 0 Å². The lowest BCUT2D eigenvalue weighted by Gasteiger charge is -2.20. The fourth-order valence-corrected chi connectivity index (χ4v) is 2.43. The van der Waals surface area contributed by atoms with Gasteiger partial charge in [-0.2, -0.15) is 0 Å². The Labute approximate surface area is 132 Å². The van der Waals surface area contributed by atoms with E-state index in [0.29, 0.717) is 0 Å². The minimum absolute atomic E-state index is 0.718. The van der Waals surface area contributed by atoms with Crippen LogP contribution in [0.3, 0.4) is 0 Å². The number of rotatable bonds is 4. The molecule has 0 heterocycles. The minimum atomic E-state index is -0.985. The molecule has 1 nitrogen and oxygen atoms in total. The summed E-state index contributed by atoms with van der Waals surface area (Å²) in [6.07, 6.45) is 0. The van der Waals surface area contributed by atoms with E-state index in [2.05, 4.69) is 36.6 Å². The third-order valence-electron chi connectivity index (χ3n) is 3.41. The number of benzene rings is 2. The van der Waals surface area contributed by atoms with Gasteiger partial charge >= 0.3 is 0 Å². The monoisotopic (exact) mass is 290 g/mol. The summed E-state index contributed by atoms with van der Waals surface area (Å²) in [6.45, 7) is 9.41. The van der Waals surface area contributed by atoms with Gasteiger partial charge in [0.1, 0.15) is 0 Å². The summed E-state index contributed by atoms with van der Waals surface area (Å²) in [5.74, 6) is 0. The summed E-state index contributed by atoms with van der Waals surface area (Å²) in [6, 6.07) is 20.2. The van der Waals surface area contributed by atoms with E-state index >= 15 is 0 Å². The minimum Gasteiger partial charge on any atom is -0.385 e. The first-order chi connectivity index (χ1) is 10.4. The molecule has 2 aromatic rings. The van der Waals surface area contributed by atoms with Crippen molar-refractivity contribution in [3.8, 4) is 0 Å². The summed E-state index contributed by atoms with van der Waals surface area (Å²) >= 11 is 0. The molecule has 0 aromatic heterocycles. The highest BCUT2D eigenvalue weighted by molar-refractivity contribution is 5.80. The van der Waals surface area contributed by atoms with E-state index < -0.39 is 5.60 Å². The molecule has 0 spiro atoms. The highest BCUT2D eigenvalue weighted by Gasteiger charge is 2.20. The predicted octanol–water partition coefficient (Wildman–Crippen LogP) is 4.99. The lowest BCUT2D eigenvalue weighted by molar-refractivity contribution is 0.122. The first-order valence-corrected chi connectivity index (χ1v) is 7.40. The van der Waals surface area contributed by atoms with Gasteiger partial charge in [0.25, 0.3) is 0 Å². The van der Waals surface area contributed by atoms with Crippen LogP contribution in [0.4, 0.5) is 0 Å². The molecule has 0 aliphatic heterocycles. The molecule has 0 aliphatic carbocycles. The zero-order chi connectivity index (χ0) is 16.2. The van der Waals surface area contributed by atoms with Crippen LogP contribution in [-0.4, -0.2) is 10.7 Å². The van der Waals surface area contributed by atoms with Crippen molar-refractivity contribution >= 4 is 5.57 Å². The summed E-state index contributed by atoms with van der Waals surface area (Å²) in [4.78, 5) is 0. The largest absolute Gasteiger partial charge is 0.385 e. The molecule has 0 aliphatic rings. The van der Waals surface area contributed by atoms with Crippen molar-refractivity contribution in [1.82, 2.24) is 0 Å². The standard InChI is InChI=1S/C21H22O/c1-16(2)20(21(3,4)22)15-19(17-11-7-5-8-12-17)18-13-9-6-10-14-18/h5-14,22H,1H2,2-4H3. The molecule has 0 saturated carbocycles. The maximum absolute atomic E-state index is 10.4. The van der Waals surface area contributed by atoms with E-state index in [1.165, 1.54) is 0 Å². The quantitative estimate of drug-likeness (QED) is 0.621. The second-order valence-electron chi connectivity index (χ2n) is 5.95. The molecular formula is C21H22O. The molecule has 0 unspecified atom stereocenters. The third-order valence-corrected chi connectivity index (χ3v) is 3.41. The van der Waals surface area contributed by atoms with Crippen LogP contribution in [-0.2, 0) is 0 Å². The van der Waals surface area contributed by atoms with Crippen molar-refractivity contribution in [2.24, 2.45) is 0 Å². The highest BCUT2D eigenvalue weighted by atomic mass is 16.3. The van der Waals surface area contributed by atoms with Crippen LogP contribution in [0.25, 0.3) is 5.57 Å². The van der Waals surface area contributed by atoms with E-state index in [1.54, 1.807) is 13.8 Å². The maximum Gasteiger partial charge on any atom is 0.0914 e. The topological polar surface area (TPSA) is 20.2 Å². The summed E-state index contributed by atoms with van der Waals surface area (Å²) in [5, 5.41) is 10.4. The molecule has 0 bridgehead atoms. The predicted molar refractivity (Wildman–Crippen MR) is 93.5 cm³/mol. The van der Waals surface area contributed by atoms with Crippen molar-refractivity contribution in [3.63, 3.8) is 0 Å². The fourth-order valence-electron chi connectivity index (χ4n) is 2.43. The Bertz CT molecular complexity index is 668. The summed E-state index contributed by atoms with van der Waals surface area (Å²) < 4.78 is 0. The van der Waals surface area contributed by atoms with Crippen LogP contribution in [0.5, 0.6) is 0 Å². The average Bonchev–Trinajstić information content (AvgIpc) is 2.48. The SMILES string of the molecule is C=C(C)C(=C=C(c1ccccc1)c1ccccc1)C(C)(C)O. The molecule has 112 valence electrons. The van der Waals surface area contributed by atoms with Gasteiger partial charge in [0.15, 0.2) is 0 Å². The van der Waals surface area contributed by atoms with E-state index in [4.69, 9.17) is 0 Å². The molecule has 2 rings (SSSR count). The summed E-state index contributed by atoms with van der Waals surface area (Å²) in [7, 11) is 0. The smallest absolute Gasteiger partial charge is 0.0914 e. The van der Waals surface area contributed by atoms with Crippen LogP contribution >= 0.6 is 0 Å². The molecule has 0 atom stereocenters. The van der Waals surface area contributed by atoms with E-state index in [1.807, 2.05) is 43.3 Å². The Balaban J connectivity index is 2.79. The number of aliphatic hydroxyl groups is 1. The first kappa shape index (κ1) is 16.0. The molecular weight excluding hydrogens is 268 g/mol. The molecule has 1 heteroatoms. The van der Waals surface area contributed by atoms with Gasteiger partial charge in [-0.15, -0.1) is 5.73 Å². The Hall–Kier alpha value is -2.34. The molecule has 1 N–H and O–H groups in total. The van der Waals surface area contributed by atoms with Crippen LogP contribution in [0, 0.1) is 0 Å². The number of hydrogen-bond acceptors (Lipinski definition) is 1. The van der Waals surface area contributed by atoms with Crippen molar-refractivity contribution in [2.45, 2.75) is 26.4 Å². The lowest BCUT2D eigenvalue weighted by atomic mass is 9.90. The van der Waals surface area contributed by atoms with Crippen molar-refractivity contribution in [2.75, 3.05) is 0 Å². The molecule has 2 aromatic carbocycles. The second-order valence-corrected chi connectivity index (χ2v) is 5.95. The number of hydrogen-bond donors (Lipinski definition) is 1. The highest BCUT2D eigenvalue weighted by Crippen LogP contribution is 2.27. The molecule has 0 saturated heterocycles. The average molecular weight is 290 g/mol. The molecule has 0 fully saturated rings. The van der Waals surface area contributed by atoms with Crippen LogP contribution in [0.1, 0.15) is 31.9 Å². The zero-order valence-electron chi connectivity index (χ0n) is 13.4. The van der Waals surface area contributed by atoms with Crippen molar-refractivity contribution in [1.29, 1.82) is 0 Å². The second kappa shape index (κ2) is 6.62. The van der Waals surface area contributed by atoms with Gasteiger partial charge in [-0.1, -0.05) is 67.2 Å². The molecule has 0 amide bonds. The fraction of sp³-hybridized carbons (Fsp3) is 0.190.